The van der Waals surface area contributed by atoms with Gasteiger partial charge < -0.3 is 17.4 Å². The van der Waals surface area contributed by atoms with Gasteiger partial charge in [-0.05, 0) is 38.0 Å². The smallest absolute Gasteiger partial charge is 0.453 e. The van der Waals surface area contributed by atoms with Gasteiger partial charge in [-0.15, -0.1) is 6.58 Å². The molecule has 0 aliphatic carbocycles. The second-order valence-corrected chi connectivity index (χ2v) is 18.8. The van der Waals surface area contributed by atoms with E-state index in [1.54, 1.807) is 21.3 Å². The minimum Gasteiger partial charge on any atom is -0.453 e. The van der Waals surface area contributed by atoms with Crippen molar-refractivity contribution in [3.63, 3.8) is 0 Å². The molecule has 0 radical (unpaired) electrons. The van der Waals surface area contributed by atoms with Gasteiger partial charge in [0, 0.05) is 21.3 Å². The van der Waals surface area contributed by atoms with Crippen LogP contribution in [0.5, 0.6) is 0 Å². The molecule has 0 aromatic carbocycles. The minimum atomic E-state index is -2.44. The van der Waals surface area contributed by atoms with E-state index < -0.39 is 25.4 Å². The standard InChI is InChI=1S/C12H30O4SSi3/c1-9-18(5,6)16-19(7,8)11-10-17-12-20(13-2,14-3)15-4/h9H,1,10-12H2,2-8H3. The normalized spacial score (nSPS) is 13.6. The van der Waals surface area contributed by atoms with E-state index in [1.807, 2.05) is 17.5 Å². The Balaban J connectivity index is 4.20. The fraction of sp³-hybridized carbons (Fsp3) is 0.833. The quantitative estimate of drug-likeness (QED) is 0.420. The van der Waals surface area contributed by atoms with Crippen molar-refractivity contribution < 1.29 is 17.4 Å². The van der Waals surface area contributed by atoms with E-state index >= 15 is 0 Å². The van der Waals surface area contributed by atoms with Crippen LogP contribution in [-0.4, -0.2) is 57.9 Å². The Bertz CT molecular complexity index is 288. The van der Waals surface area contributed by atoms with Crippen LogP contribution in [0.1, 0.15) is 0 Å². The van der Waals surface area contributed by atoms with Crippen LogP contribution < -0.4 is 0 Å². The molecular formula is C12H30O4SSi3. The molecule has 0 spiro atoms. The molecule has 0 aromatic heterocycles. The molecule has 0 aromatic rings. The molecule has 4 nitrogen and oxygen atoms in total. The largest absolute Gasteiger partial charge is 0.510 e. The highest BCUT2D eigenvalue weighted by molar-refractivity contribution is 8.00. The molecule has 0 aliphatic rings. The zero-order valence-corrected chi connectivity index (χ0v) is 17.8. The third-order valence-corrected chi connectivity index (χ3v) is 14.8. The average molecular weight is 355 g/mol. The van der Waals surface area contributed by atoms with Gasteiger partial charge in [0.1, 0.15) is 0 Å². The highest BCUT2D eigenvalue weighted by Gasteiger charge is 2.38. The van der Waals surface area contributed by atoms with Crippen LogP contribution in [0.4, 0.5) is 0 Å². The summed E-state index contributed by atoms with van der Waals surface area (Å²) in [6, 6.07) is 1.11. The summed E-state index contributed by atoms with van der Waals surface area (Å²) in [6.45, 7) is 12.8. The van der Waals surface area contributed by atoms with Gasteiger partial charge >= 0.3 is 8.80 Å². The van der Waals surface area contributed by atoms with Crippen LogP contribution in [0.25, 0.3) is 0 Å². The van der Waals surface area contributed by atoms with Crippen molar-refractivity contribution >= 4 is 37.2 Å². The van der Waals surface area contributed by atoms with Crippen LogP contribution in [0, 0.1) is 0 Å². The van der Waals surface area contributed by atoms with E-state index in [4.69, 9.17) is 17.4 Å². The van der Waals surface area contributed by atoms with Crippen molar-refractivity contribution in [1.29, 1.82) is 0 Å². The molecule has 0 rings (SSSR count). The SMILES string of the molecule is C=C[Si](C)(C)O[Si](C)(C)CCSC[Si](OC)(OC)OC. The molecule has 0 saturated heterocycles. The number of rotatable bonds is 11. The van der Waals surface area contributed by atoms with E-state index in [0.717, 1.165) is 17.2 Å². The molecular weight excluding hydrogens is 324 g/mol. The first-order valence-electron chi connectivity index (χ1n) is 6.73. The van der Waals surface area contributed by atoms with Gasteiger partial charge in [0.15, 0.2) is 16.6 Å². The molecule has 0 aliphatic heterocycles. The highest BCUT2D eigenvalue weighted by atomic mass is 32.2. The molecule has 0 bridgehead atoms. The van der Waals surface area contributed by atoms with Crippen molar-refractivity contribution in [2.75, 3.05) is 32.5 Å². The van der Waals surface area contributed by atoms with Crippen LogP contribution in [0.3, 0.4) is 0 Å². The zero-order valence-electron chi connectivity index (χ0n) is 13.9. The molecule has 0 atom stereocenters. The Labute approximate surface area is 131 Å². The zero-order chi connectivity index (χ0) is 15.9. The summed E-state index contributed by atoms with van der Waals surface area (Å²) in [5.74, 6) is 1.05. The van der Waals surface area contributed by atoms with Gasteiger partial charge in [0.05, 0.1) is 5.38 Å². The van der Waals surface area contributed by atoms with Gasteiger partial charge in [-0.3, -0.25) is 0 Å². The average Bonchev–Trinajstić information content (AvgIpc) is 2.39. The fourth-order valence-corrected chi connectivity index (χ4v) is 14.2. The highest BCUT2D eigenvalue weighted by Crippen LogP contribution is 2.23. The summed E-state index contributed by atoms with van der Waals surface area (Å²) in [4.78, 5) is 0. The predicted molar refractivity (Wildman–Crippen MR) is 95.2 cm³/mol. The van der Waals surface area contributed by atoms with Gasteiger partial charge in [-0.2, -0.15) is 11.8 Å². The molecule has 0 unspecified atom stereocenters. The first-order chi connectivity index (χ1) is 9.16. The summed E-state index contributed by atoms with van der Waals surface area (Å²) in [5, 5.41) is 0.781. The molecule has 0 saturated carbocycles. The lowest BCUT2D eigenvalue weighted by atomic mass is 11.0. The molecule has 0 N–H and O–H groups in total. The third kappa shape index (κ3) is 7.55. The lowest BCUT2D eigenvalue weighted by Crippen LogP contribution is -2.46. The molecule has 0 heterocycles. The lowest BCUT2D eigenvalue weighted by molar-refractivity contribution is 0.130. The Morgan fingerprint density at radius 3 is 1.90 bits per heavy atom. The number of hydrogen-bond donors (Lipinski definition) is 0. The topological polar surface area (TPSA) is 36.9 Å². The summed E-state index contributed by atoms with van der Waals surface area (Å²) in [6.07, 6.45) is 0. The molecule has 120 valence electrons. The van der Waals surface area contributed by atoms with E-state index in [0.29, 0.717) is 0 Å². The summed E-state index contributed by atoms with van der Waals surface area (Å²) < 4.78 is 22.6. The molecule has 8 heteroatoms. The van der Waals surface area contributed by atoms with Gasteiger partial charge in [-0.1, -0.05) is 5.70 Å². The van der Waals surface area contributed by atoms with Gasteiger partial charge in [0.2, 0.25) is 0 Å². The molecule has 0 fully saturated rings. The van der Waals surface area contributed by atoms with E-state index in [2.05, 4.69) is 32.8 Å². The van der Waals surface area contributed by atoms with Crippen LogP contribution >= 0.6 is 11.8 Å². The van der Waals surface area contributed by atoms with Crippen LogP contribution in [0.15, 0.2) is 12.3 Å². The van der Waals surface area contributed by atoms with E-state index in [-0.39, 0.29) is 0 Å². The number of thioether (sulfide) groups is 1. The van der Waals surface area contributed by atoms with Gasteiger partial charge in [-0.25, -0.2) is 0 Å². The van der Waals surface area contributed by atoms with Gasteiger partial charge in [0.25, 0.3) is 0 Å². The second-order valence-electron chi connectivity index (χ2n) is 5.77. The van der Waals surface area contributed by atoms with E-state index in [9.17, 15) is 0 Å². The maximum atomic E-state index is 6.35. The maximum absolute atomic E-state index is 6.35. The lowest BCUT2D eigenvalue weighted by Gasteiger charge is -2.32. The first-order valence-corrected chi connectivity index (χ1v) is 15.9. The third-order valence-electron chi connectivity index (χ3n) is 3.09. The number of hydrogen-bond acceptors (Lipinski definition) is 5. The summed E-state index contributed by atoms with van der Waals surface area (Å²) >= 11 is 1.83. The minimum absolute atomic E-state index is 0.781. The Kier molecular flexibility index (Phi) is 9.14. The Hall–Kier alpha value is 0.581. The van der Waals surface area contributed by atoms with Crippen molar-refractivity contribution in [2.45, 2.75) is 32.2 Å². The fourth-order valence-electron chi connectivity index (χ4n) is 1.75. The van der Waals surface area contributed by atoms with Crippen molar-refractivity contribution in [3.8, 4) is 0 Å². The van der Waals surface area contributed by atoms with E-state index in [1.165, 1.54) is 0 Å². The van der Waals surface area contributed by atoms with Crippen molar-refractivity contribution in [2.24, 2.45) is 0 Å². The Morgan fingerprint density at radius 2 is 1.50 bits per heavy atom. The molecule has 0 amide bonds. The Morgan fingerprint density at radius 1 is 1.00 bits per heavy atom. The van der Waals surface area contributed by atoms with Crippen molar-refractivity contribution in [3.05, 3.63) is 12.3 Å². The summed E-state index contributed by atoms with van der Waals surface area (Å²) in [7, 11) is -0.783. The van der Waals surface area contributed by atoms with Crippen molar-refractivity contribution in [1.82, 2.24) is 0 Å². The molecule has 20 heavy (non-hydrogen) atoms. The summed E-state index contributed by atoms with van der Waals surface area (Å²) in [5.41, 5.74) is 2.01. The monoisotopic (exact) mass is 354 g/mol. The van der Waals surface area contributed by atoms with Crippen LogP contribution in [-0.2, 0) is 17.4 Å². The predicted octanol–water partition coefficient (Wildman–Crippen LogP) is 3.29. The first kappa shape index (κ1) is 20.6. The second kappa shape index (κ2) is 8.89. The van der Waals surface area contributed by atoms with Crippen LogP contribution in [0.2, 0.25) is 32.2 Å². The maximum Gasteiger partial charge on any atom is 0.510 e.